The fourth-order valence-electron chi connectivity index (χ4n) is 4.44. The third-order valence-electron chi connectivity index (χ3n) is 6.85. The number of likely N-dealkylation sites (tertiary alicyclic amines) is 1. The molecule has 0 bridgehead atoms. The summed E-state index contributed by atoms with van der Waals surface area (Å²) in [6.45, 7) is 15.3. The number of oxazole rings is 1. The first-order valence-corrected chi connectivity index (χ1v) is 12.4. The van der Waals surface area contributed by atoms with Gasteiger partial charge in [-0.3, -0.25) is 14.5 Å². The van der Waals surface area contributed by atoms with Gasteiger partial charge in [0.05, 0.1) is 19.1 Å². The fourth-order valence-corrected chi connectivity index (χ4v) is 4.44. The molecule has 0 spiro atoms. The van der Waals surface area contributed by atoms with Gasteiger partial charge in [0.1, 0.15) is 6.26 Å². The van der Waals surface area contributed by atoms with E-state index in [-0.39, 0.29) is 17.8 Å². The van der Waals surface area contributed by atoms with Gasteiger partial charge in [0.15, 0.2) is 5.69 Å². The lowest BCUT2D eigenvalue weighted by Gasteiger charge is -2.31. The van der Waals surface area contributed by atoms with E-state index in [1.54, 1.807) is 11.8 Å². The molecule has 7 heteroatoms. The first-order valence-electron chi connectivity index (χ1n) is 12.4. The number of hydrogen-bond acceptors (Lipinski definition) is 6. The summed E-state index contributed by atoms with van der Waals surface area (Å²) in [6, 6.07) is 6.84. The molecule has 0 saturated carbocycles. The Morgan fingerprint density at radius 3 is 2.68 bits per heavy atom. The van der Waals surface area contributed by atoms with Crippen molar-refractivity contribution in [2.75, 3.05) is 19.7 Å². The number of hydrogen-bond donors (Lipinski definition) is 0. The van der Waals surface area contributed by atoms with E-state index in [0.717, 1.165) is 19.4 Å². The highest BCUT2D eigenvalue weighted by Crippen LogP contribution is 2.22. The molecule has 186 valence electrons. The largest absolute Gasteiger partial charge is 0.466 e. The van der Waals surface area contributed by atoms with E-state index in [9.17, 15) is 9.59 Å². The molecule has 0 radical (unpaired) electrons. The maximum atomic E-state index is 13.1. The van der Waals surface area contributed by atoms with Crippen LogP contribution in [0.4, 0.5) is 0 Å². The van der Waals surface area contributed by atoms with Gasteiger partial charge in [-0.05, 0) is 57.6 Å². The Morgan fingerprint density at radius 2 is 2.00 bits per heavy atom. The first kappa shape index (κ1) is 25.9. The quantitative estimate of drug-likeness (QED) is 0.493. The smallest absolute Gasteiger partial charge is 0.310 e. The van der Waals surface area contributed by atoms with Crippen molar-refractivity contribution < 1.29 is 18.7 Å². The van der Waals surface area contributed by atoms with Crippen LogP contribution in [0.3, 0.4) is 0 Å². The zero-order chi connectivity index (χ0) is 24.8. The minimum absolute atomic E-state index is 0.193. The number of piperidine rings is 1. The van der Waals surface area contributed by atoms with Gasteiger partial charge in [-0.1, -0.05) is 37.6 Å². The SMILES string of the molecule is CCOC(=O)[C@@H]1CCCN(C(=O)c2coc(CN(Cc3ccc(C)cc3C)[C@@H](C)C(C)C)n2)C1. The molecule has 1 saturated heterocycles. The molecule has 1 aromatic carbocycles. The van der Waals surface area contributed by atoms with Crippen molar-refractivity contribution in [1.82, 2.24) is 14.8 Å². The maximum Gasteiger partial charge on any atom is 0.310 e. The van der Waals surface area contributed by atoms with Gasteiger partial charge in [-0.2, -0.15) is 0 Å². The van der Waals surface area contributed by atoms with Gasteiger partial charge >= 0.3 is 5.97 Å². The molecule has 34 heavy (non-hydrogen) atoms. The summed E-state index contributed by atoms with van der Waals surface area (Å²) < 4.78 is 10.9. The molecule has 2 aromatic rings. The molecule has 0 unspecified atom stereocenters. The second kappa shape index (κ2) is 11.6. The molecule has 1 aromatic heterocycles. The molecular formula is C27H39N3O4. The van der Waals surface area contributed by atoms with E-state index in [1.165, 1.54) is 23.0 Å². The molecule has 0 N–H and O–H groups in total. The molecule has 2 heterocycles. The van der Waals surface area contributed by atoms with Crippen LogP contribution >= 0.6 is 0 Å². The number of ether oxygens (including phenoxy) is 1. The summed E-state index contributed by atoms with van der Waals surface area (Å²) in [4.78, 5) is 33.8. The number of carbonyl (C=O) groups excluding carboxylic acids is 2. The van der Waals surface area contributed by atoms with Gasteiger partial charge < -0.3 is 14.1 Å². The lowest BCUT2D eigenvalue weighted by Crippen LogP contribution is -2.43. The Bertz CT molecular complexity index is 984. The Labute approximate surface area is 203 Å². The Morgan fingerprint density at radius 1 is 1.24 bits per heavy atom. The third kappa shape index (κ3) is 6.47. The van der Waals surface area contributed by atoms with E-state index in [0.29, 0.717) is 49.8 Å². The van der Waals surface area contributed by atoms with E-state index >= 15 is 0 Å². The number of esters is 1. The second-order valence-electron chi connectivity index (χ2n) is 9.79. The van der Waals surface area contributed by atoms with Crippen molar-refractivity contribution in [1.29, 1.82) is 0 Å². The highest BCUT2D eigenvalue weighted by atomic mass is 16.5. The van der Waals surface area contributed by atoms with Gasteiger partial charge in [-0.25, -0.2) is 4.98 Å². The number of carbonyl (C=O) groups is 2. The number of benzene rings is 1. The molecule has 1 aliphatic rings. The Balaban J connectivity index is 1.71. The van der Waals surface area contributed by atoms with Crippen LogP contribution in [0, 0.1) is 25.7 Å². The molecule has 3 rings (SSSR count). The second-order valence-corrected chi connectivity index (χ2v) is 9.79. The van der Waals surface area contributed by atoms with Gasteiger partial charge in [0.2, 0.25) is 5.89 Å². The molecule has 0 aliphatic carbocycles. The van der Waals surface area contributed by atoms with Crippen molar-refractivity contribution in [2.45, 2.75) is 73.5 Å². The summed E-state index contributed by atoms with van der Waals surface area (Å²) in [5.74, 6) is 0.283. The monoisotopic (exact) mass is 469 g/mol. The van der Waals surface area contributed by atoms with Crippen molar-refractivity contribution >= 4 is 11.9 Å². The lowest BCUT2D eigenvalue weighted by atomic mass is 9.98. The number of amides is 1. The highest BCUT2D eigenvalue weighted by Gasteiger charge is 2.31. The number of aryl methyl sites for hydroxylation is 2. The van der Waals surface area contributed by atoms with Crippen LogP contribution in [0.5, 0.6) is 0 Å². The standard InChI is InChI=1S/C27H39N3O4/c1-7-33-27(32)23-9-8-12-29(15-23)26(31)24-17-34-25(28-24)16-30(21(6)18(2)3)14-22-11-10-19(4)13-20(22)5/h10-11,13,17-18,21,23H,7-9,12,14-16H2,1-6H3/t21-,23+/m0/s1. The van der Waals surface area contributed by atoms with E-state index in [2.05, 4.69) is 62.7 Å². The predicted molar refractivity (Wildman–Crippen MR) is 131 cm³/mol. The Hall–Kier alpha value is -2.67. The van der Waals surface area contributed by atoms with E-state index in [1.807, 2.05) is 0 Å². The van der Waals surface area contributed by atoms with Gasteiger partial charge in [-0.15, -0.1) is 0 Å². The summed E-state index contributed by atoms with van der Waals surface area (Å²) in [5, 5.41) is 0. The van der Waals surface area contributed by atoms with Crippen LogP contribution in [0.25, 0.3) is 0 Å². The van der Waals surface area contributed by atoms with Gasteiger partial charge in [0.25, 0.3) is 5.91 Å². The van der Waals surface area contributed by atoms with Crippen LogP contribution in [0.1, 0.15) is 73.6 Å². The predicted octanol–water partition coefficient (Wildman–Crippen LogP) is 4.75. The molecular weight excluding hydrogens is 430 g/mol. The summed E-state index contributed by atoms with van der Waals surface area (Å²) in [6.07, 6.45) is 2.96. The van der Waals surface area contributed by atoms with Gasteiger partial charge in [0, 0.05) is 25.7 Å². The number of aromatic nitrogens is 1. The van der Waals surface area contributed by atoms with Crippen molar-refractivity contribution in [3.63, 3.8) is 0 Å². The van der Waals surface area contributed by atoms with Crippen molar-refractivity contribution in [3.05, 3.63) is 52.7 Å². The molecule has 7 nitrogen and oxygen atoms in total. The summed E-state index contributed by atoms with van der Waals surface area (Å²) in [5.41, 5.74) is 4.09. The summed E-state index contributed by atoms with van der Waals surface area (Å²) >= 11 is 0. The average Bonchev–Trinajstić information content (AvgIpc) is 3.28. The number of nitrogens with zero attached hydrogens (tertiary/aromatic N) is 3. The normalized spacial score (nSPS) is 17.3. The lowest BCUT2D eigenvalue weighted by molar-refractivity contribution is -0.149. The van der Waals surface area contributed by atoms with Crippen LogP contribution in [-0.4, -0.2) is 52.4 Å². The number of rotatable bonds is 9. The topological polar surface area (TPSA) is 75.9 Å². The van der Waals surface area contributed by atoms with E-state index in [4.69, 9.17) is 9.15 Å². The zero-order valence-electron chi connectivity index (χ0n) is 21.5. The highest BCUT2D eigenvalue weighted by molar-refractivity contribution is 5.92. The van der Waals surface area contributed by atoms with Crippen molar-refractivity contribution in [2.24, 2.45) is 11.8 Å². The molecule has 2 atom stereocenters. The van der Waals surface area contributed by atoms with Crippen LogP contribution in [0.2, 0.25) is 0 Å². The molecule has 1 fully saturated rings. The third-order valence-corrected chi connectivity index (χ3v) is 6.85. The minimum atomic E-state index is -0.274. The van der Waals surface area contributed by atoms with Crippen LogP contribution < -0.4 is 0 Å². The fraction of sp³-hybridized carbons (Fsp3) is 0.593. The van der Waals surface area contributed by atoms with Crippen LogP contribution in [0.15, 0.2) is 28.9 Å². The van der Waals surface area contributed by atoms with Crippen LogP contribution in [-0.2, 0) is 22.6 Å². The first-order chi connectivity index (χ1) is 16.2. The molecule has 1 aliphatic heterocycles. The maximum absolute atomic E-state index is 13.1. The zero-order valence-corrected chi connectivity index (χ0v) is 21.5. The minimum Gasteiger partial charge on any atom is -0.466 e. The Kier molecular flexibility index (Phi) is 8.89. The van der Waals surface area contributed by atoms with E-state index < -0.39 is 0 Å². The van der Waals surface area contributed by atoms with Crippen molar-refractivity contribution in [3.8, 4) is 0 Å². The average molecular weight is 470 g/mol. The molecule has 1 amide bonds. The summed E-state index contributed by atoms with van der Waals surface area (Å²) in [7, 11) is 0.